The monoisotopic (exact) mass is 116 g/mol. The van der Waals surface area contributed by atoms with Gasteiger partial charge in [0, 0.05) is 6.20 Å². The number of hydrogen-bond acceptors (Lipinski definition) is 1. The molecule has 1 aromatic rings. The Bertz CT molecular complexity index is 142. The molecule has 0 fully saturated rings. The van der Waals surface area contributed by atoms with E-state index < -0.39 is 0 Å². The first kappa shape index (κ1) is 4.53. The van der Waals surface area contributed by atoms with E-state index in [4.69, 9.17) is 17.3 Å². The zero-order valence-corrected chi connectivity index (χ0v) is 4.37. The Morgan fingerprint density at radius 2 is 2.43 bits per heavy atom. The fourth-order valence-corrected chi connectivity index (χ4v) is 0.487. The summed E-state index contributed by atoms with van der Waals surface area (Å²) in [5, 5.41) is 0.514. The molecule has 1 rings (SSSR count). The highest BCUT2D eigenvalue weighted by molar-refractivity contribution is 6.31. The van der Waals surface area contributed by atoms with Gasteiger partial charge in [-0.1, -0.05) is 11.6 Å². The molecule has 3 heteroatoms. The lowest BCUT2D eigenvalue weighted by Crippen LogP contribution is -1.78. The predicted molar refractivity (Wildman–Crippen MR) is 30.2 cm³/mol. The van der Waals surface area contributed by atoms with Gasteiger partial charge >= 0.3 is 0 Å². The van der Waals surface area contributed by atoms with Crippen LogP contribution in [0.2, 0.25) is 5.15 Å². The summed E-state index contributed by atoms with van der Waals surface area (Å²) in [5.41, 5.74) is 5.88. The Hall–Kier alpha value is -0.630. The summed E-state index contributed by atoms with van der Waals surface area (Å²) < 4.78 is 0. The third-order valence-corrected chi connectivity index (χ3v) is 1.05. The Kier molecular flexibility index (Phi) is 0.947. The van der Waals surface area contributed by atoms with E-state index in [0.717, 1.165) is 0 Å². The minimum atomic E-state index is 0.514. The maximum atomic E-state index is 5.44. The molecule has 0 unspecified atom stereocenters. The maximum absolute atomic E-state index is 5.44. The first-order valence-electron chi connectivity index (χ1n) is 1.89. The summed E-state index contributed by atoms with van der Waals surface area (Å²) in [6.45, 7) is 0. The van der Waals surface area contributed by atoms with Crippen molar-refractivity contribution in [2.75, 3.05) is 5.73 Å². The number of H-pyrrole nitrogens is 1. The standard InChI is InChI=1S/C4H5ClN2/c5-4-3(6)1-2-7-4/h1-2,7H,6H2. The van der Waals surface area contributed by atoms with Gasteiger partial charge in [-0.2, -0.15) is 0 Å². The largest absolute Gasteiger partial charge is 0.396 e. The number of nitrogen functional groups attached to an aromatic ring is 1. The predicted octanol–water partition coefficient (Wildman–Crippen LogP) is 1.25. The van der Waals surface area contributed by atoms with Crippen molar-refractivity contribution in [1.82, 2.24) is 4.98 Å². The zero-order valence-electron chi connectivity index (χ0n) is 3.61. The molecule has 7 heavy (non-hydrogen) atoms. The van der Waals surface area contributed by atoms with Crippen LogP contribution in [0.5, 0.6) is 0 Å². The normalized spacial score (nSPS) is 9.29. The Morgan fingerprint density at radius 3 is 2.57 bits per heavy atom. The molecule has 0 aliphatic rings. The number of aromatic amines is 1. The fourth-order valence-electron chi connectivity index (χ4n) is 0.361. The van der Waals surface area contributed by atoms with Crippen LogP contribution in [0.25, 0.3) is 0 Å². The lowest BCUT2D eigenvalue weighted by Gasteiger charge is -1.79. The van der Waals surface area contributed by atoms with Crippen LogP contribution in [-0.2, 0) is 0 Å². The van der Waals surface area contributed by atoms with E-state index >= 15 is 0 Å². The second-order valence-electron chi connectivity index (χ2n) is 1.25. The van der Waals surface area contributed by atoms with Gasteiger partial charge in [0.05, 0.1) is 5.69 Å². The molecule has 1 heterocycles. The van der Waals surface area contributed by atoms with Crippen molar-refractivity contribution in [1.29, 1.82) is 0 Å². The van der Waals surface area contributed by atoms with Gasteiger partial charge in [-0.05, 0) is 6.07 Å². The second-order valence-corrected chi connectivity index (χ2v) is 1.62. The topological polar surface area (TPSA) is 41.8 Å². The number of aromatic nitrogens is 1. The van der Waals surface area contributed by atoms with E-state index in [9.17, 15) is 0 Å². The molecular formula is C4H5ClN2. The van der Waals surface area contributed by atoms with Gasteiger partial charge in [-0.15, -0.1) is 0 Å². The van der Waals surface area contributed by atoms with Gasteiger partial charge in [0.2, 0.25) is 0 Å². The quantitative estimate of drug-likeness (QED) is 0.526. The van der Waals surface area contributed by atoms with Gasteiger partial charge in [0.15, 0.2) is 0 Å². The third kappa shape index (κ3) is 0.695. The molecule has 0 saturated heterocycles. The van der Waals surface area contributed by atoms with Gasteiger partial charge in [0.25, 0.3) is 0 Å². The highest BCUT2D eigenvalue weighted by atomic mass is 35.5. The van der Waals surface area contributed by atoms with Crippen LogP contribution in [-0.4, -0.2) is 4.98 Å². The molecule has 1 aromatic heterocycles. The first-order valence-corrected chi connectivity index (χ1v) is 2.27. The van der Waals surface area contributed by atoms with Crippen LogP contribution in [0.15, 0.2) is 12.3 Å². The van der Waals surface area contributed by atoms with Crippen molar-refractivity contribution in [3.63, 3.8) is 0 Å². The number of halogens is 1. The molecule has 0 spiro atoms. The molecule has 0 atom stereocenters. The van der Waals surface area contributed by atoms with E-state index in [1.54, 1.807) is 12.3 Å². The Labute approximate surface area is 46.3 Å². The number of anilines is 1. The Balaban J connectivity index is 3.12. The van der Waals surface area contributed by atoms with E-state index in [-0.39, 0.29) is 0 Å². The van der Waals surface area contributed by atoms with Gasteiger partial charge < -0.3 is 10.7 Å². The van der Waals surface area contributed by atoms with Crippen LogP contribution in [0.4, 0.5) is 5.69 Å². The molecular weight excluding hydrogens is 112 g/mol. The second kappa shape index (κ2) is 1.46. The summed E-state index contributed by atoms with van der Waals surface area (Å²) in [6.07, 6.45) is 1.69. The molecule has 2 nitrogen and oxygen atoms in total. The van der Waals surface area contributed by atoms with Crippen LogP contribution < -0.4 is 5.73 Å². The van der Waals surface area contributed by atoms with Crippen LogP contribution in [0.1, 0.15) is 0 Å². The van der Waals surface area contributed by atoms with Crippen molar-refractivity contribution in [2.45, 2.75) is 0 Å². The summed E-state index contributed by atoms with van der Waals surface area (Å²) in [7, 11) is 0. The molecule has 0 bridgehead atoms. The van der Waals surface area contributed by atoms with Crippen LogP contribution in [0, 0.1) is 0 Å². The van der Waals surface area contributed by atoms with Crippen molar-refractivity contribution in [3.8, 4) is 0 Å². The summed E-state index contributed by atoms with van der Waals surface area (Å²) in [4.78, 5) is 2.71. The summed E-state index contributed by atoms with van der Waals surface area (Å²) in [6, 6.07) is 1.71. The van der Waals surface area contributed by atoms with Crippen molar-refractivity contribution in [3.05, 3.63) is 17.4 Å². The minimum absolute atomic E-state index is 0.514. The molecule has 0 amide bonds. The van der Waals surface area contributed by atoms with Crippen LogP contribution in [0.3, 0.4) is 0 Å². The first-order chi connectivity index (χ1) is 3.30. The average Bonchev–Trinajstić information content (AvgIpc) is 1.91. The molecule has 3 N–H and O–H groups in total. The molecule has 0 aliphatic heterocycles. The summed E-state index contributed by atoms with van der Waals surface area (Å²) >= 11 is 5.44. The summed E-state index contributed by atoms with van der Waals surface area (Å²) in [5.74, 6) is 0. The highest BCUT2D eigenvalue weighted by Crippen LogP contribution is 2.13. The van der Waals surface area contributed by atoms with Crippen molar-refractivity contribution in [2.24, 2.45) is 0 Å². The van der Waals surface area contributed by atoms with Crippen LogP contribution >= 0.6 is 11.6 Å². The van der Waals surface area contributed by atoms with E-state index in [2.05, 4.69) is 4.98 Å². The fraction of sp³-hybridized carbons (Fsp3) is 0. The molecule has 38 valence electrons. The SMILES string of the molecule is Nc1cc[nH]c1Cl. The number of rotatable bonds is 0. The lowest BCUT2D eigenvalue weighted by molar-refractivity contribution is 1.41. The molecule has 0 radical (unpaired) electrons. The van der Waals surface area contributed by atoms with Crippen molar-refractivity contribution >= 4 is 17.3 Å². The average molecular weight is 117 g/mol. The van der Waals surface area contributed by atoms with Gasteiger partial charge in [-0.3, -0.25) is 0 Å². The number of hydrogen-bond donors (Lipinski definition) is 2. The maximum Gasteiger partial charge on any atom is 0.129 e. The molecule has 0 saturated carbocycles. The van der Waals surface area contributed by atoms with E-state index in [1.165, 1.54) is 0 Å². The smallest absolute Gasteiger partial charge is 0.129 e. The highest BCUT2D eigenvalue weighted by Gasteiger charge is 1.89. The Morgan fingerprint density at radius 1 is 1.71 bits per heavy atom. The van der Waals surface area contributed by atoms with Gasteiger partial charge in [-0.25, -0.2) is 0 Å². The van der Waals surface area contributed by atoms with E-state index in [1.807, 2.05) is 0 Å². The number of nitrogens with two attached hydrogens (primary N) is 1. The minimum Gasteiger partial charge on any atom is -0.396 e. The molecule has 0 aromatic carbocycles. The zero-order chi connectivity index (χ0) is 5.28. The lowest BCUT2D eigenvalue weighted by atomic mass is 10.6. The van der Waals surface area contributed by atoms with Crippen molar-refractivity contribution < 1.29 is 0 Å². The number of nitrogens with one attached hydrogen (secondary N) is 1. The van der Waals surface area contributed by atoms with E-state index in [0.29, 0.717) is 10.8 Å². The third-order valence-electron chi connectivity index (χ3n) is 0.726. The van der Waals surface area contributed by atoms with Gasteiger partial charge in [0.1, 0.15) is 5.15 Å². The molecule has 0 aliphatic carbocycles.